The maximum atomic E-state index is 14.6. The number of hydrogen-bond acceptors (Lipinski definition) is 7. The van der Waals surface area contributed by atoms with E-state index in [-0.39, 0.29) is 23.5 Å². The lowest BCUT2D eigenvalue weighted by atomic mass is 9.99. The van der Waals surface area contributed by atoms with Crippen LogP contribution in [0.4, 0.5) is 20.3 Å². The second-order valence-electron chi connectivity index (χ2n) is 13.6. The highest BCUT2D eigenvalue weighted by Gasteiger charge is 2.46. The van der Waals surface area contributed by atoms with E-state index in [1.807, 2.05) is 18.2 Å². The summed E-state index contributed by atoms with van der Waals surface area (Å²) in [5.74, 6) is -0.819. The number of benzene rings is 2. The van der Waals surface area contributed by atoms with Gasteiger partial charge in [-0.25, -0.2) is 15.4 Å². The maximum absolute atomic E-state index is 14.6. The summed E-state index contributed by atoms with van der Waals surface area (Å²) in [7, 11) is 0. The summed E-state index contributed by atoms with van der Waals surface area (Å²) < 4.78 is 34.9. The summed E-state index contributed by atoms with van der Waals surface area (Å²) in [5, 5.41) is 1.61. The summed E-state index contributed by atoms with van der Waals surface area (Å²) in [6.07, 6.45) is 2.82. The van der Waals surface area contributed by atoms with Crippen molar-refractivity contribution in [2.45, 2.75) is 38.8 Å². The smallest absolute Gasteiger partial charge is 0.318 e. The van der Waals surface area contributed by atoms with Gasteiger partial charge in [-0.1, -0.05) is 43.3 Å². The first-order chi connectivity index (χ1) is 22.6. The van der Waals surface area contributed by atoms with Gasteiger partial charge in [0, 0.05) is 67.9 Å². The van der Waals surface area contributed by atoms with Crippen molar-refractivity contribution in [1.82, 2.24) is 19.8 Å². The molecule has 9 nitrogen and oxygen atoms in total. The third-order valence-electron chi connectivity index (χ3n) is 10.0. The molecule has 0 unspecified atom stereocenters. The highest BCUT2D eigenvalue weighted by Crippen LogP contribution is 2.47. The van der Waals surface area contributed by atoms with Gasteiger partial charge in [0.25, 0.3) is 5.91 Å². The minimum atomic E-state index is -1.03. The third kappa shape index (κ3) is 6.21. The number of aromatic nitrogens is 2. The zero-order valence-corrected chi connectivity index (χ0v) is 27.3. The van der Waals surface area contributed by atoms with Gasteiger partial charge in [0.15, 0.2) is 5.83 Å². The van der Waals surface area contributed by atoms with E-state index >= 15 is 0 Å². The van der Waals surface area contributed by atoms with E-state index in [1.165, 1.54) is 11.0 Å². The number of ether oxygens (including phenoxy) is 1. The molecule has 0 spiro atoms. The van der Waals surface area contributed by atoms with Gasteiger partial charge < -0.3 is 29.2 Å². The van der Waals surface area contributed by atoms with Crippen molar-refractivity contribution >= 4 is 39.8 Å². The largest absolute Gasteiger partial charge is 0.463 e. The SMILES string of the molecule is [C-]#[N+]C[C@H]1CN(c2nc(OCC3(CN4CC(C)C4)CC3)nc3c2CCN(c2cccc4ccc(F)c(Cl)c24)C3)CCN1C(=O)C(=C)F. The van der Waals surface area contributed by atoms with Crippen LogP contribution in [0.5, 0.6) is 6.01 Å². The fraction of sp³-hybridized carbons (Fsp3) is 0.486. The zero-order valence-electron chi connectivity index (χ0n) is 26.5. The van der Waals surface area contributed by atoms with Gasteiger partial charge in [0.1, 0.15) is 17.7 Å². The Kier molecular flexibility index (Phi) is 8.43. The number of nitrogens with zero attached hydrogens (tertiary/aromatic N) is 7. The highest BCUT2D eigenvalue weighted by atomic mass is 35.5. The fourth-order valence-corrected chi connectivity index (χ4v) is 7.65. The van der Waals surface area contributed by atoms with Gasteiger partial charge in [-0.15, -0.1) is 0 Å². The van der Waals surface area contributed by atoms with Crippen molar-refractivity contribution < 1.29 is 18.3 Å². The van der Waals surface area contributed by atoms with Gasteiger partial charge in [-0.2, -0.15) is 9.97 Å². The minimum absolute atomic E-state index is 0.0377. The lowest BCUT2D eigenvalue weighted by Gasteiger charge is -2.41. The lowest BCUT2D eigenvalue weighted by Crippen LogP contribution is -2.57. The average Bonchev–Trinajstić information content (AvgIpc) is 3.83. The van der Waals surface area contributed by atoms with Gasteiger partial charge in [0.05, 0.1) is 23.9 Å². The predicted octanol–water partition coefficient (Wildman–Crippen LogP) is 5.52. The van der Waals surface area contributed by atoms with Crippen LogP contribution in [-0.4, -0.2) is 90.7 Å². The van der Waals surface area contributed by atoms with E-state index < -0.39 is 23.6 Å². The number of fused-ring (bicyclic) bond motifs is 2. The molecule has 12 heteroatoms. The van der Waals surface area contributed by atoms with Crippen LogP contribution >= 0.6 is 11.6 Å². The van der Waals surface area contributed by atoms with Gasteiger partial charge >= 0.3 is 6.01 Å². The number of carbonyl (C=O) groups is 1. The van der Waals surface area contributed by atoms with E-state index in [2.05, 4.69) is 33.0 Å². The Balaban J connectivity index is 1.20. The van der Waals surface area contributed by atoms with Crippen LogP contribution in [0.25, 0.3) is 15.6 Å². The van der Waals surface area contributed by atoms with Gasteiger partial charge in [-0.3, -0.25) is 4.79 Å². The molecule has 47 heavy (non-hydrogen) atoms. The first-order valence-electron chi connectivity index (χ1n) is 16.2. The molecule has 0 radical (unpaired) electrons. The van der Waals surface area contributed by atoms with Crippen molar-refractivity contribution in [3.05, 3.63) is 76.3 Å². The van der Waals surface area contributed by atoms with E-state index in [1.54, 1.807) is 6.07 Å². The fourth-order valence-electron chi connectivity index (χ4n) is 7.38. The standard InChI is InChI=1S/C35H38ClF2N7O2/c1-22-16-42(17-22)20-35(10-11-35)21-47-34-40-28-19-43(29-6-4-5-24-7-8-27(38)31(36)30(24)29)12-9-26(28)32(41-34)44-13-14-45(33(46)23(2)37)25(18-44)15-39-3/h4-8,22,25H,2,9-21H2,1H3/t25-/m0/s1. The molecule has 0 bridgehead atoms. The van der Waals surface area contributed by atoms with E-state index in [0.717, 1.165) is 60.7 Å². The topological polar surface area (TPSA) is 69.4 Å². The van der Waals surface area contributed by atoms with Gasteiger partial charge in [0.2, 0.25) is 6.54 Å². The Labute approximate surface area is 278 Å². The Morgan fingerprint density at radius 2 is 1.96 bits per heavy atom. The number of anilines is 2. The first kappa shape index (κ1) is 31.6. The van der Waals surface area contributed by atoms with Crippen molar-refractivity contribution in [3.63, 3.8) is 0 Å². The van der Waals surface area contributed by atoms with Crippen LogP contribution in [0.2, 0.25) is 5.02 Å². The molecule has 1 aromatic heterocycles. The number of amides is 1. The van der Waals surface area contributed by atoms with Crippen LogP contribution in [0.3, 0.4) is 0 Å². The molecule has 1 atom stereocenters. The second-order valence-corrected chi connectivity index (χ2v) is 14.0. The molecule has 3 aromatic rings. The highest BCUT2D eigenvalue weighted by molar-refractivity contribution is 6.36. The van der Waals surface area contributed by atoms with Crippen LogP contribution in [0.1, 0.15) is 31.0 Å². The molecule has 2 aromatic carbocycles. The van der Waals surface area contributed by atoms with Crippen LogP contribution in [-0.2, 0) is 17.8 Å². The lowest BCUT2D eigenvalue weighted by molar-refractivity contribution is -0.131. The van der Waals surface area contributed by atoms with Crippen molar-refractivity contribution in [3.8, 4) is 6.01 Å². The number of rotatable bonds is 9. The van der Waals surface area contributed by atoms with E-state index in [0.29, 0.717) is 56.4 Å². The molecule has 4 aliphatic rings. The normalized spacial score (nSPS) is 20.8. The van der Waals surface area contributed by atoms with Gasteiger partial charge in [-0.05, 0) is 42.7 Å². The van der Waals surface area contributed by atoms with Crippen LogP contribution in [0.15, 0.2) is 42.7 Å². The molecule has 1 amide bonds. The van der Waals surface area contributed by atoms with E-state index in [4.69, 9.17) is 32.9 Å². The van der Waals surface area contributed by atoms with Crippen molar-refractivity contribution in [2.75, 3.05) is 68.8 Å². The number of carbonyl (C=O) groups excluding carboxylic acids is 1. The molecule has 1 saturated carbocycles. The number of piperazine rings is 1. The van der Waals surface area contributed by atoms with Crippen LogP contribution in [0, 0.1) is 23.7 Å². The van der Waals surface area contributed by atoms with Crippen LogP contribution < -0.4 is 14.5 Å². The van der Waals surface area contributed by atoms with Crippen molar-refractivity contribution in [2.24, 2.45) is 11.3 Å². The summed E-state index contributed by atoms with van der Waals surface area (Å²) >= 11 is 6.51. The molecule has 2 saturated heterocycles. The first-order valence-corrected chi connectivity index (χ1v) is 16.6. The molecule has 3 aliphatic heterocycles. The van der Waals surface area contributed by atoms with E-state index in [9.17, 15) is 13.6 Å². The molecular formula is C35H38ClF2N7O2. The Morgan fingerprint density at radius 1 is 1.15 bits per heavy atom. The quantitative estimate of drug-likeness (QED) is 0.221. The summed E-state index contributed by atoms with van der Waals surface area (Å²) in [6, 6.07) is 8.72. The molecular weight excluding hydrogens is 624 g/mol. The summed E-state index contributed by atoms with van der Waals surface area (Å²) in [5.41, 5.74) is 2.71. The number of hydrogen-bond donors (Lipinski definition) is 0. The Bertz CT molecular complexity index is 1770. The maximum Gasteiger partial charge on any atom is 0.318 e. The second kappa shape index (κ2) is 12.5. The molecule has 4 heterocycles. The predicted molar refractivity (Wildman–Crippen MR) is 178 cm³/mol. The average molecular weight is 662 g/mol. The zero-order chi connectivity index (χ0) is 32.9. The molecule has 246 valence electrons. The molecule has 1 aliphatic carbocycles. The number of likely N-dealkylation sites (tertiary alicyclic amines) is 1. The monoisotopic (exact) mass is 661 g/mol. The van der Waals surface area contributed by atoms with Crippen molar-refractivity contribution in [1.29, 1.82) is 0 Å². The summed E-state index contributed by atoms with van der Waals surface area (Å²) in [4.78, 5) is 34.1. The molecule has 3 fully saturated rings. The Hall–Kier alpha value is -4.01. The summed E-state index contributed by atoms with van der Waals surface area (Å²) in [6.45, 7) is 18.8. The molecule has 0 N–H and O–H groups in total. The minimum Gasteiger partial charge on any atom is -0.463 e. The third-order valence-corrected chi connectivity index (χ3v) is 10.4. The number of halogens is 3. The molecule has 7 rings (SSSR count). The Morgan fingerprint density at radius 3 is 2.68 bits per heavy atom.